The van der Waals surface area contributed by atoms with Crippen LogP contribution in [0.3, 0.4) is 0 Å². The Labute approximate surface area is 85.2 Å². The van der Waals surface area contributed by atoms with E-state index >= 15 is 0 Å². The van der Waals surface area contributed by atoms with Crippen LogP contribution in [0.1, 0.15) is 67.7 Å². The van der Waals surface area contributed by atoms with Gasteiger partial charge in [0.25, 0.3) is 0 Å². The number of hydrogen-bond donors (Lipinski definition) is 0. The van der Waals surface area contributed by atoms with Crippen molar-refractivity contribution in [1.29, 1.82) is 0 Å². The lowest BCUT2D eigenvalue weighted by Crippen LogP contribution is -2.24. The summed E-state index contributed by atoms with van der Waals surface area (Å²) in [5.74, 6) is 0.840. The highest BCUT2D eigenvalue weighted by atomic mass is 16.0. The molecule has 0 aliphatic rings. The van der Waals surface area contributed by atoms with Gasteiger partial charge in [0.15, 0.2) is 0 Å². The summed E-state index contributed by atoms with van der Waals surface area (Å²) < 4.78 is 0. The minimum atomic E-state index is 0. The van der Waals surface area contributed by atoms with Gasteiger partial charge in [-0.1, -0.05) is 67.7 Å². The maximum absolute atomic E-state index is 2.34. The molecule has 2 N–H and O–H groups in total. The normalized spacial score (nSPS) is 10.2. The van der Waals surface area contributed by atoms with Crippen LogP contribution in [0.25, 0.3) is 0 Å². The highest BCUT2D eigenvalue weighted by molar-refractivity contribution is 4.77. The van der Waals surface area contributed by atoms with Gasteiger partial charge in [0.2, 0.25) is 0 Å². The van der Waals surface area contributed by atoms with Crippen LogP contribution in [-0.2, 0) is 0 Å². The van der Waals surface area contributed by atoms with Crippen molar-refractivity contribution in [3.05, 3.63) is 0 Å². The van der Waals surface area contributed by atoms with Crippen LogP contribution < -0.4 is 0 Å². The quantitative estimate of drug-likeness (QED) is 0.640. The lowest BCUT2D eigenvalue weighted by atomic mass is 9.71. The molecule has 0 fully saturated rings. The molecule has 0 aliphatic carbocycles. The van der Waals surface area contributed by atoms with Gasteiger partial charge in [0.1, 0.15) is 0 Å². The van der Waals surface area contributed by atoms with Crippen molar-refractivity contribution < 1.29 is 5.48 Å². The van der Waals surface area contributed by atoms with E-state index in [-0.39, 0.29) is 5.48 Å². The van der Waals surface area contributed by atoms with Crippen LogP contribution in [0, 0.1) is 11.3 Å². The largest absolute Gasteiger partial charge is 0.412 e. The number of rotatable bonds is 4. The Bertz CT molecular complexity index is 74.9. The molecule has 0 heterocycles. The maximum Gasteiger partial charge on any atom is -0.0282 e. The predicted molar refractivity (Wildman–Crippen MR) is 63.1 cm³/mol. The van der Waals surface area contributed by atoms with Crippen molar-refractivity contribution >= 4 is 0 Å². The summed E-state index contributed by atoms with van der Waals surface area (Å²) in [6.45, 7) is 15.6. The molecule has 0 saturated carbocycles. The van der Waals surface area contributed by atoms with Crippen molar-refractivity contribution in [3.8, 4) is 0 Å². The van der Waals surface area contributed by atoms with E-state index in [0.29, 0.717) is 5.41 Å². The first-order valence-electron chi connectivity index (χ1n) is 5.63. The molecule has 0 amide bonds. The van der Waals surface area contributed by atoms with Gasteiger partial charge in [-0.25, -0.2) is 0 Å². The average Bonchev–Trinajstić information content (AvgIpc) is 2.11. The molecule has 0 aliphatic heterocycles. The van der Waals surface area contributed by atoms with Gasteiger partial charge in [0, 0.05) is 0 Å². The van der Waals surface area contributed by atoms with E-state index in [1.807, 2.05) is 13.8 Å². The van der Waals surface area contributed by atoms with Crippen molar-refractivity contribution in [3.63, 3.8) is 0 Å². The monoisotopic (exact) mass is 190 g/mol. The van der Waals surface area contributed by atoms with Gasteiger partial charge in [-0.15, -0.1) is 0 Å². The molecule has 1 heteroatoms. The Kier molecular flexibility index (Phi) is 14.4. The van der Waals surface area contributed by atoms with Gasteiger partial charge >= 0.3 is 0 Å². The summed E-state index contributed by atoms with van der Waals surface area (Å²) in [6.07, 6.45) is 3.99. The summed E-state index contributed by atoms with van der Waals surface area (Å²) in [5, 5.41) is 0. The average molecular weight is 190 g/mol. The molecule has 0 spiro atoms. The smallest absolute Gasteiger partial charge is 0.0282 e. The van der Waals surface area contributed by atoms with Crippen LogP contribution in [0.2, 0.25) is 0 Å². The zero-order chi connectivity index (χ0) is 10.2. The molecule has 0 rings (SSSR count). The van der Waals surface area contributed by atoms with Crippen LogP contribution in [0.4, 0.5) is 0 Å². The molecule has 0 saturated heterocycles. The fourth-order valence-corrected chi connectivity index (χ4v) is 1.97. The third-order valence-electron chi connectivity index (χ3n) is 3.34. The van der Waals surface area contributed by atoms with Crippen molar-refractivity contribution in [2.75, 3.05) is 0 Å². The minimum absolute atomic E-state index is 0. The Hall–Kier alpha value is -0.0400. The highest BCUT2D eigenvalue weighted by Crippen LogP contribution is 2.37. The Morgan fingerprint density at radius 3 is 1.08 bits per heavy atom. The second-order valence-electron chi connectivity index (χ2n) is 3.58. The Balaban J connectivity index is -0.000000309. The van der Waals surface area contributed by atoms with Crippen LogP contribution in [-0.4, -0.2) is 5.48 Å². The Morgan fingerprint density at radius 1 is 0.846 bits per heavy atom. The van der Waals surface area contributed by atoms with E-state index in [1.165, 1.54) is 19.3 Å². The molecule has 0 bridgehead atoms. The van der Waals surface area contributed by atoms with Crippen LogP contribution in [0.5, 0.6) is 0 Å². The summed E-state index contributed by atoms with van der Waals surface area (Å²) >= 11 is 0. The standard InChI is InChI=1S/C10H22.C2H6.H2O/c1-6-10(7-2,8-3)9(4)5;1-2;/h9H,6-8H2,1-5H3;1-2H3;1H2. The molecule has 1 nitrogen and oxygen atoms in total. The number of hydrogen-bond acceptors (Lipinski definition) is 0. The van der Waals surface area contributed by atoms with E-state index in [4.69, 9.17) is 0 Å². The second kappa shape index (κ2) is 10.0. The lowest BCUT2D eigenvalue weighted by molar-refractivity contribution is 0.162. The van der Waals surface area contributed by atoms with Crippen LogP contribution in [0.15, 0.2) is 0 Å². The molecule has 0 radical (unpaired) electrons. The minimum Gasteiger partial charge on any atom is -0.412 e. The van der Waals surface area contributed by atoms with Gasteiger partial charge in [-0.05, 0) is 11.3 Å². The first-order valence-corrected chi connectivity index (χ1v) is 5.63. The van der Waals surface area contributed by atoms with Gasteiger partial charge < -0.3 is 5.48 Å². The first-order chi connectivity index (χ1) is 5.63. The molecule has 0 aromatic carbocycles. The molecule has 13 heavy (non-hydrogen) atoms. The van der Waals surface area contributed by atoms with E-state index in [1.54, 1.807) is 0 Å². The third-order valence-corrected chi connectivity index (χ3v) is 3.34. The summed E-state index contributed by atoms with van der Waals surface area (Å²) in [4.78, 5) is 0. The molecule has 0 aromatic heterocycles. The molecule has 0 aromatic rings. The topological polar surface area (TPSA) is 31.5 Å². The van der Waals surface area contributed by atoms with Crippen LogP contribution >= 0.6 is 0 Å². The van der Waals surface area contributed by atoms with E-state index in [9.17, 15) is 0 Å². The second-order valence-corrected chi connectivity index (χ2v) is 3.58. The lowest BCUT2D eigenvalue weighted by Gasteiger charge is -2.34. The van der Waals surface area contributed by atoms with Crippen molar-refractivity contribution in [2.24, 2.45) is 11.3 Å². The predicted octanol–water partition coefficient (Wildman–Crippen LogP) is 4.06. The molecular formula is C12H30O. The molecular weight excluding hydrogens is 160 g/mol. The van der Waals surface area contributed by atoms with Crippen molar-refractivity contribution in [2.45, 2.75) is 67.7 Å². The van der Waals surface area contributed by atoms with Gasteiger partial charge in [-0.3, -0.25) is 0 Å². The third kappa shape index (κ3) is 5.30. The van der Waals surface area contributed by atoms with Crippen molar-refractivity contribution in [1.82, 2.24) is 0 Å². The zero-order valence-electron chi connectivity index (χ0n) is 10.7. The van der Waals surface area contributed by atoms with E-state index < -0.39 is 0 Å². The fraction of sp³-hybridized carbons (Fsp3) is 1.00. The van der Waals surface area contributed by atoms with E-state index in [2.05, 4.69) is 34.6 Å². The Morgan fingerprint density at radius 2 is 1.08 bits per heavy atom. The molecule has 84 valence electrons. The fourth-order valence-electron chi connectivity index (χ4n) is 1.97. The first kappa shape index (κ1) is 18.7. The highest BCUT2D eigenvalue weighted by Gasteiger charge is 2.27. The zero-order valence-corrected chi connectivity index (χ0v) is 10.7. The molecule has 0 atom stereocenters. The summed E-state index contributed by atoms with van der Waals surface area (Å²) in [6, 6.07) is 0. The van der Waals surface area contributed by atoms with E-state index in [0.717, 1.165) is 5.92 Å². The van der Waals surface area contributed by atoms with Gasteiger partial charge in [0.05, 0.1) is 0 Å². The molecule has 0 unspecified atom stereocenters. The summed E-state index contributed by atoms with van der Waals surface area (Å²) in [7, 11) is 0. The maximum atomic E-state index is 2.34. The summed E-state index contributed by atoms with van der Waals surface area (Å²) in [5.41, 5.74) is 0.625. The SMILES string of the molecule is CC.CCC(CC)(CC)C(C)C.O. The van der Waals surface area contributed by atoms with Gasteiger partial charge in [-0.2, -0.15) is 0 Å².